The lowest BCUT2D eigenvalue weighted by Crippen LogP contribution is -2.29. The summed E-state index contributed by atoms with van der Waals surface area (Å²) >= 11 is 0. The van der Waals surface area contributed by atoms with Crippen LogP contribution in [0.1, 0.15) is 33.6 Å². The van der Waals surface area contributed by atoms with Gasteiger partial charge in [0.15, 0.2) is 5.78 Å². The standard InChI is InChI=1S/C15H28N2O5/c1-12(2)14(19)11-22-10-9-21-8-7-17-15(20)5-4-6-16-13(3)18/h12H,4-11H2,1-3H3,(H,16,18)(H,17,20). The highest BCUT2D eigenvalue weighted by atomic mass is 16.5. The topological polar surface area (TPSA) is 93.7 Å². The molecule has 0 radical (unpaired) electrons. The summed E-state index contributed by atoms with van der Waals surface area (Å²) in [6.45, 7) is 7.33. The fraction of sp³-hybridized carbons (Fsp3) is 0.800. The van der Waals surface area contributed by atoms with Gasteiger partial charge in [-0.3, -0.25) is 14.4 Å². The van der Waals surface area contributed by atoms with E-state index in [9.17, 15) is 14.4 Å². The summed E-state index contributed by atoms with van der Waals surface area (Å²) in [7, 11) is 0. The van der Waals surface area contributed by atoms with E-state index in [1.165, 1.54) is 6.92 Å². The highest BCUT2D eigenvalue weighted by Gasteiger charge is 2.06. The van der Waals surface area contributed by atoms with E-state index in [1.54, 1.807) is 0 Å². The second-order valence-electron chi connectivity index (χ2n) is 5.22. The third kappa shape index (κ3) is 13.5. The van der Waals surface area contributed by atoms with Gasteiger partial charge >= 0.3 is 0 Å². The molecule has 0 aromatic carbocycles. The van der Waals surface area contributed by atoms with Crippen molar-refractivity contribution in [1.82, 2.24) is 10.6 Å². The molecule has 0 heterocycles. The van der Waals surface area contributed by atoms with Gasteiger partial charge < -0.3 is 20.1 Å². The molecule has 0 saturated heterocycles. The average molecular weight is 316 g/mol. The number of carbonyl (C=O) groups excluding carboxylic acids is 3. The number of rotatable bonds is 13. The first kappa shape index (κ1) is 20.5. The van der Waals surface area contributed by atoms with E-state index in [2.05, 4.69) is 10.6 Å². The van der Waals surface area contributed by atoms with Crippen molar-refractivity contribution in [2.24, 2.45) is 5.92 Å². The molecule has 2 N–H and O–H groups in total. The van der Waals surface area contributed by atoms with E-state index >= 15 is 0 Å². The van der Waals surface area contributed by atoms with Crippen molar-refractivity contribution in [2.75, 3.05) is 39.5 Å². The van der Waals surface area contributed by atoms with Crippen molar-refractivity contribution in [2.45, 2.75) is 33.6 Å². The van der Waals surface area contributed by atoms with Crippen molar-refractivity contribution in [1.29, 1.82) is 0 Å². The lowest BCUT2D eigenvalue weighted by atomic mass is 10.1. The highest BCUT2D eigenvalue weighted by Crippen LogP contribution is 1.94. The normalized spacial score (nSPS) is 10.5. The van der Waals surface area contributed by atoms with Gasteiger partial charge in [0.2, 0.25) is 11.8 Å². The third-order valence-electron chi connectivity index (χ3n) is 2.78. The third-order valence-corrected chi connectivity index (χ3v) is 2.78. The first-order valence-electron chi connectivity index (χ1n) is 7.62. The molecule has 0 aliphatic rings. The molecule has 22 heavy (non-hydrogen) atoms. The number of carbonyl (C=O) groups is 3. The van der Waals surface area contributed by atoms with Gasteiger partial charge in [-0.1, -0.05) is 13.8 Å². The Kier molecular flexibility index (Phi) is 12.3. The zero-order valence-electron chi connectivity index (χ0n) is 13.8. The number of nitrogens with one attached hydrogen (secondary N) is 2. The van der Waals surface area contributed by atoms with Crippen LogP contribution in [0, 0.1) is 5.92 Å². The SMILES string of the molecule is CC(=O)NCCCC(=O)NCCOCCOCC(=O)C(C)C. The minimum absolute atomic E-state index is 0.0122. The summed E-state index contributed by atoms with van der Waals surface area (Å²) in [5.41, 5.74) is 0. The lowest BCUT2D eigenvalue weighted by Gasteiger charge is -2.08. The van der Waals surface area contributed by atoms with E-state index in [-0.39, 0.29) is 30.1 Å². The van der Waals surface area contributed by atoms with Crippen LogP contribution in [0.25, 0.3) is 0 Å². The quantitative estimate of drug-likeness (QED) is 0.476. The maximum Gasteiger partial charge on any atom is 0.220 e. The second-order valence-corrected chi connectivity index (χ2v) is 5.22. The van der Waals surface area contributed by atoms with Crippen LogP contribution in [-0.4, -0.2) is 57.1 Å². The van der Waals surface area contributed by atoms with E-state index in [4.69, 9.17) is 9.47 Å². The molecular formula is C15H28N2O5. The molecule has 0 saturated carbocycles. The maximum absolute atomic E-state index is 11.4. The zero-order chi connectivity index (χ0) is 16.8. The van der Waals surface area contributed by atoms with Crippen molar-refractivity contribution in [3.63, 3.8) is 0 Å². The van der Waals surface area contributed by atoms with E-state index in [0.717, 1.165) is 0 Å². The molecule has 0 fully saturated rings. The summed E-state index contributed by atoms with van der Waals surface area (Å²) in [5, 5.41) is 5.35. The predicted octanol–water partition coefficient (Wildman–Crippen LogP) is 0.277. The average Bonchev–Trinajstić information content (AvgIpc) is 2.45. The Labute approximate surface area is 132 Å². The minimum Gasteiger partial charge on any atom is -0.377 e. The zero-order valence-corrected chi connectivity index (χ0v) is 13.8. The van der Waals surface area contributed by atoms with Crippen LogP contribution < -0.4 is 10.6 Å². The van der Waals surface area contributed by atoms with E-state index < -0.39 is 0 Å². The first-order chi connectivity index (χ1) is 10.4. The maximum atomic E-state index is 11.4. The van der Waals surface area contributed by atoms with Gasteiger partial charge in [-0.15, -0.1) is 0 Å². The van der Waals surface area contributed by atoms with Crippen LogP contribution in [0.4, 0.5) is 0 Å². The van der Waals surface area contributed by atoms with Crippen LogP contribution in [0.3, 0.4) is 0 Å². The van der Waals surface area contributed by atoms with Crippen LogP contribution >= 0.6 is 0 Å². The number of ketones is 1. The molecule has 0 unspecified atom stereocenters. The van der Waals surface area contributed by atoms with Crippen LogP contribution in [0.2, 0.25) is 0 Å². The Morgan fingerprint density at radius 2 is 1.64 bits per heavy atom. The Bertz CT molecular complexity index is 345. The molecule has 0 rings (SSSR count). The summed E-state index contributed by atoms with van der Waals surface area (Å²) < 4.78 is 10.4. The molecule has 0 spiro atoms. The molecule has 128 valence electrons. The Hall–Kier alpha value is -1.47. The molecule has 0 aromatic heterocycles. The first-order valence-corrected chi connectivity index (χ1v) is 7.62. The lowest BCUT2D eigenvalue weighted by molar-refractivity contribution is -0.127. The van der Waals surface area contributed by atoms with E-state index in [1.807, 2.05) is 13.8 Å². The largest absolute Gasteiger partial charge is 0.377 e. The van der Waals surface area contributed by atoms with Gasteiger partial charge in [-0.25, -0.2) is 0 Å². The molecule has 7 nitrogen and oxygen atoms in total. The summed E-state index contributed by atoms with van der Waals surface area (Å²) in [6, 6.07) is 0. The van der Waals surface area contributed by atoms with Gasteiger partial charge in [0.1, 0.15) is 6.61 Å². The Morgan fingerprint density at radius 1 is 0.955 bits per heavy atom. The van der Waals surface area contributed by atoms with Gasteiger partial charge in [-0.05, 0) is 6.42 Å². The number of hydrogen-bond acceptors (Lipinski definition) is 5. The number of Topliss-reactive ketones (excluding diaryl/α,β-unsaturated/α-hetero) is 1. The van der Waals surface area contributed by atoms with Gasteiger partial charge in [0.25, 0.3) is 0 Å². The highest BCUT2D eigenvalue weighted by molar-refractivity contribution is 5.81. The summed E-state index contributed by atoms with van der Waals surface area (Å²) in [4.78, 5) is 33.3. The van der Waals surface area contributed by atoms with Gasteiger partial charge in [0.05, 0.1) is 19.8 Å². The molecule has 0 bridgehead atoms. The molecule has 2 amide bonds. The monoisotopic (exact) mass is 316 g/mol. The van der Waals surface area contributed by atoms with Crippen LogP contribution in [-0.2, 0) is 23.9 Å². The smallest absolute Gasteiger partial charge is 0.220 e. The van der Waals surface area contributed by atoms with Crippen molar-refractivity contribution >= 4 is 17.6 Å². The molecule has 7 heteroatoms. The van der Waals surface area contributed by atoms with Gasteiger partial charge in [-0.2, -0.15) is 0 Å². The molecule has 0 aromatic rings. The summed E-state index contributed by atoms with van der Waals surface area (Å²) in [5.74, 6) is -0.0906. The Balaban J connectivity index is 3.30. The predicted molar refractivity (Wildman–Crippen MR) is 82.4 cm³/mol. The molecular weight excluding hydrogens is 288 g/mol. The molecule has 0 aliphatic carbocycles. The summed E-state index contributed by atoms with van der Waals surface area (Å²) in [6.07, 6.45) is 0.991. The van der Waals surface area contributed by atoms with Crippen molar-refractivity contribution < 1.29 is 23.9 Å². The van der Waals surface area contributed by atoms with Crippen LogP contribution in [0.5, 0.6) is 0 Å². The fourth-order valence-corrected chi connectivity index (χ4v) is 1.42. The van der Waals surface area contributed by atoms with Crippen LogP contribution in [0.15, 0.2) is 0 Å². The number of amides is 2. The molecule has 0 aliphatic heterocycles. The Morgan fingerprint density at radius 3 is 2.27 bits per heavy atom. The number of ether oxygens (including phenoxy) is 2. The van der Waals surface area contributed by atoms with E-state index in [0.29, 0.717) is 45.8 Å². The number of hydrogen-bond donors (Lipinski definition) is 2. The van der Waals surface area contributed by atoms with Gasteiger partial charge in [0, 0.05) is 32.4 Å². The van der Waals surface area contributed by atoms with Crippen molar-refractivity contribution in [3.05, 3.63) is 0 Å². The van der Waals surface area contributed by atoms with Crippen molar-refractivity contribution in [3.8, 4) is 0 Å². The second kappa shape index (κ2) is 13.2. The fourth-order valence-electron chi connectivity index (χ4n) is 1.42. The molecule has 0 atom stereocenters. The minimum atomic E-state index is -0.0916.